The van der Waals surface area contributed by atoms with Crippen LogP contribution in [0.2, 0.25) is 0 Å². The molecule has 1 N–H and O–H groups in total. The third kappa shape index (κ3) is 4.32. The number of carbonyl (C=O) groups is 1. The predicted octanol–water partition coefficient (Wildman–Crippen LogP) is 6.71. The first-order valence-electron chi connectivity index (χ1n) is 10.2. The highest BCUT2D eigenvalue weighted by Gasteiger charge is 2.14. The molecular formula is C27H22IN3O. The van der Waals surface area contributed by atoms with E-state index in [1.165, 1.54) is 9.13 Å². The third-order valence-electron chi connectivity index (χ3n) is 5.54. The first kappa shape index (κ1) is 21.8. The van der Waals surface area contributed by atoms with Crippen LogP contribution in [-0.4, -0.2) is 10.5 Å². The molecule has 0 atom stereocenters. The Kier molecular flexibility index (Phi) is 6.15. The molecule has 0 spiro atoms. The molecule has 4 nitrogen and oxygen atoms in total. The van der Waals surface area contributed by atoms with Crippen molar-refractivity contribution in [3.63, 3.8) is 0 Å². The molecule has 0 saturated heterocycles. The van der Waals surface area contributed by atoms with Gasteiger partial charge < -0.3 is 9.88 Å². The Labute approximate surface area is 201 Å². The number of nitrogens with zero attached hydrogens (tertiary/aromatic N) is 2. The molecule has 0 bridgehead atoms. The highest BCUT2D eigenvalue weighted by Crippen LogP contribution is 2.25. The summed E-state index contributed by atoms with van der Waals surface area (Å²) in [4.78, 5) is 12.8. The van der Waals surface area contributed by atoms with Gasteiger partial charge in [-0.2, -0.15) is 5.26 Å². The molecule has 4 rings (SSSR count). The summed E-state index contributed by atoms with van der Waals surface area (Å²) in [7, 11) is 0. The molecule has 0 aliphatic rings. The van der Waals surface area contributed by atoms with Crippen LogP contribution >= 0.6 is 22.6 Å². The van der Waals surface area contributed by atoms with Gasteiger partial charge in [-0.1, -0.05) is 30.3 Å². The summed E-state index contributed by atoms with van der Waals surface area (Å²) in [6.45, 7) is 6.12. The Hall–Kier alpha value is -3.37. The second kappa shape index (κ2) is 9.01. The van der Waals surface area contributed by atoms with E-state index in [9.17, 15) is 10.1 Å². The van der Waals surface area contributed by atoms with Crippen LogP contribution in [0.4, 0.5) is 5.69 Å². The standard InChI is InChI=1S/C27H22IN3O/c1-17-12-25(10-11-26(17)28)31-18(2)13-22(19(31)3)14-23(16-29)27(32)30-24-9-8-20-6-4-5-7-21(20)15-24/h4-15H,1-3H3,(H,30,32)/b23-14+. The van der Waals surface area contributed by atoms with Crippen molar-refractivity contribution in [3.8, 4) is 11.8 Å². The molecule has 32 heavy (non-hydrogen) atoms. The highest BCUT2D eigenvalue weighted by atomic mass is 127. The van der Waals surface area contributed by atoms with Gasteiger partial charge in [-0.05, 0) is 108 Å². The van der Waals surface area contributed by atoms with Crippen LogP contribution in [0.25, 0.3) is 22.5 Å². The average Bonchev–Trinajstić information content (AvgIpc) is 3.06. The summed E-state index contributed by atoms with van der Waals surface area (Å²) in [6, 6.07) is 24.0. The quantitative estimate of drug-likeness (QED) is 0.181. The van der Waals surface area contributed by atoms with Crippen LogP contribution in [0, 0.1) is 35.7 Å². The lowest BCUT2D eigenvalue weighted by Crippen LogP contribution is -2.13. The fraction of sp³-hybridized carbons (Fsp3) is 0.111. The first-order chi connectivity index (χ1) is 15.4. The number of nitrogens with one attached hydrogen (secondary N) is 1. The molecule has 5 heteroatoms. The smallest absolute Gasteiger partial charge is 0.266 e. The average molecular weight is 531 g/mol. The van der Waals surface area contributed by atoms with E-state index in [-0.39, 0.29) is 5.57 Å². The fourth-order valence-electron chi connectivity index (χ4n) is 3.87. The molecule has 0 aliphatic heterocycles. The van der Waals surface area contributed by atoms with Crippen LogP contribution in [0.15, 0.2) is 72.3 Å². The molecule has 3 aromatic carbocycles. The number of rotatable bonds is 4. The van der Waals surface area contributed by atoms with Crippen molar-refractivity contribution in [2.24, 2.45) is 0 Å². The van der Waals surface area contributed by atoms with Gasteiger partial charge in [0.2, 0.25) is 0 Å². The predicted molar refractivity (Wildman–Crippen MR) is 139 cm³/mol. The number of anilines is 1. The molecular weight excluding hydrogens is 509 g/mol. The number of carbonyl (C=O) groups excluding carboxylic acids is 1. The zero-order chi connectivity index (χ0) is 22.8. The topological polar surface area (TPSA) is 57.8 Å². The van der Waals surface area contributed by atoms with Crippen molar-refractivity contribution >= 4 is 51.0 Å². The fourth-order valence-corrected chi connectivity index (χ4v) is 4.20. The van der Waals surface area contributed by atoms with Crippen LogP contribution in [0.3, 0.4) is 0 Å². The molecule has 0 saturated carbocycles. The van der Waals surface area contributed by atoms with Gasteiger partial charge in [0.05, 0.1) is 0 Å². The van der Waals surface area contributed by atoms with Crippen molar-refractivity contribution in [1.82, 2.24) is 4.57 Å². The molecule has 1 amide bonds. The molecule has 158 valence electrons. The number of aryl methyl sites for hydroxylation is 2. The van der Waals surface area contributed by atoms with E-state index >= 15 is 0 Å². The number of aromatic nitrogens is 1. The van der Waals surface area contributed by atoms with Crippen LogP contribution in [0.1, 0.15) is 22.5 Å². The van der Waals surface area contributed by atoms with Gasteiger partial charge in [0.15, 0.2) is 0 Å². The van der Waals surface area contributed by atoms with E-state index < -0.39 is 5.91 Å². The molecule has 1 aromatic heterocycles. The number of hydrogen-bond acceptors (Lipinski definition) is 2. The van der Waals surface area contributed by atoms with Crippen molar-refractivity contribution in [2.45, 2.75) is 20.8 Å². The van der Waals surface area contributed by atoms with E-state index in [0.29, 0.717) is 5.69 Å². The summed E-state index contributed by atoms with van der Waals surface area (Å²) in [6.07, 6.45) is 1.66. The van der Waals surface area contributed by atoms with Gasteiger partial charge in [0, 0.05) is 26.3 Å². The summed E-state index contributed by atoms with van der Waals surface area (Å²) < 4.78 is 3.36. The number of amides is 1. The van der Waals surface area contributed by atoms with Crippen molar-refractivity contribution in [2.75, 3.05) is 5.32 Å². The number of nitriles is 1. The number of hydrogen-bond donors (Lipinski definition) is 1. The van der Waals surface area contributed by atoms with Gasteiger partial charge in [-0.25, -0.2) is 0 Å². The van der Waals surface area contributed by atoms with E-state index in [4.69, 9.17) is 0 Å². The summed E-state index contributed by atoms with van der Waals surface area (Å²) in [5.74, 6) is -0.419. The maximum atomic E-state index is 12.8. The number of benzene rings is 3. The molecule has 0 radical (unpaired) electrons. The van der Waals surface area contributed by atoms with Crippen molar-refractivity contribution in [1.29, 1.82) is 5.26 Å². The van der Waals surface area contributed by atoms with Crippen molar-refractivity contribution < 1.29 is 4.79 Å². The van der Waals surface area contributed by atoms with Gasteiger partial charge in [0.1, 0.15) is 11.6 Å². The lowest BCUT2D eigenvalue weighted by molar-refractivity contribution is -0.112. The summed E-state index contributed by atoms with van der Waals surface area (Å²) in [5, 5.41) is 14.7. The Balaban J connectivity index is 1.64. The summed E-state index contributed by atoms with van der Waals surface area (Å²) in [5.41, 5.74) is 5.88. The van der Waals surface area contributed by atoms with E-state index in [1.807, 2.05) is 62.4 Å². The maximum Gasteiger partial charge on any atom is 0.266 e. The van der Waals surface area contributed by atoms with Crippen LogP contribution in [-0.2, 0) is 4.79 Å². The van der Waals surface area contributed by atoms with Gasteiger partial charge in [-0.15, -0.1) is 0 Å². The monoisotopic (exact) mass is 531 g/mol. The molecule has 1 heterocycles. The second-order valence-corrected chi connectivity index (χ2v) is 8.94. The third-order valence-corrected chi connectivity index (χ3v) is 6.75. The van der Waals surface area contributed by atoms with Crippen LogP contribution < -0.4 is 5.32 Å². The van der Waals surface area contributed by atoms with Crippen molar-refractivity contribution in [3.05, 3.63) is 98.4 Å². The molecule has 0 aliphatic carbocycles. The van der Waals surface area contributed by atoms with E-state index in [0.717, 1.165) is 33.4 Å². The lowest BCUT2D eigenvalue weighted by atomic mass is 10.1. The number of fused-ring (bicyclic) bond motifs is 1. The minimum atomic E-state index is -0.419. The minimum Gasteiger partial charge on any atom is -0.321 e. The SMILES string of the molecule is Cc1cc(-n2c(C)cc(/C=C(\C#N)C(=O)Nc3ccc4ccccc4c3)c2C)ccc1I. The minimum absolute atomic E-state index is 0.0669. The van der Waals surface area contributed by atoms with Gasteiger partial charge in [-0.3, -0.25) is 4.79 Å². The zero-order valence-electron chi connectivity index (χ0n) is 18.1. The second-order valence-electron chi connectivity index (χ2n) is 7.78. The molecule has 0 unspecified atom stereocenters. The molecule has 0 fully saturated rings. The largest absolute Gasteiger partial charge is 0.321 e. The Morgan fingerprint density at radius 2 is 1.75 bits per heavy atom. The maximum absolute atomic E-state index is 12.8. The van der Waals surface area contributed by atoms with Gasteiger partial charge >= 0.3 is 0 Å². The lowest BCUT2D eigenvalue weighted by Gasteiger charge is -2.11. The van der Waals surface area contributed by atoms with Gasteiger partial charge in [0.25, 0.3) is 5.91 Å². The molecule has 4 aromatic rings. The normalized spacial score (nSPS) is 11.4. The first-order valence-corrected chi connectivity index (χ1v) is 11.3. The van der Waals surface area contributed by atoms with Crippen LogP contribution in [0.5, 0.6) is 0 Å². The Bertz CT molecular complexity index is 1420. The number of halogens is 1. The Morgan fingerprint density at radius 1 is 1.00 bits per heavy atom. The highest BCUT2D eigenvalue weighted by molar-refractivity contribution is 14.1. The zero-order valence-corrected chi connectivity index (χ0v) is 20.3. The Morgan fingerprint density at radius 3 is 2.47 bits per heavy atom. The summed E-state index contributed by atoms with van der Waals surface area (Å²) >= 11 is 2.33. The van der Waals surface area contributed by atoms with E-state index in [1.54, 1.807) is 6.08 Å². The van der Waals surface area contributed by atoms with E-state index in [2.05, 4.69) is 63.7 Å².